The van der Waals surface area contributed by atoms with Gasteiger partial charge in [0.25, 0.3) is 0 Å². The Morgan fingerprint density at radius 3 is 1.97 bits per heavy atom. The van der Waals surface area contributed by atoms with Gasteiger partial charge < -0.3 is 30.7 Å². The van der Waals surface area contributed by atoms with Gasteiger partial charge >= 0.3 is 6.09 Å². The van der Waals surface area contributed by atoms with Gasteiger partial charge in [-0.05, 0) is 70.6 Å². The number of fused-ring (bicyclic) bond motifs is 3. The molecule has 4 aromatic carbocycles. The molecule has 0 radical (unpaired) electrons. The molecule has 7 heteroatoms. The minimum Gasteiger partial charge on any atom is -0.457 e. The second-order valence-electron chi connectivity index (χ2n) is 9.29. The number of nitrogens with one attached hydrogen (secondary N) is 1. The summed E-state index contributed by atoms with van der Waals surface area (Å²) in [5.74, 6) is 1.22. The van der Waals surface area contributed by atoms with E-state index in [1.165, 1.54) is 11.1 Å². The second-order valence-corrected chi connectivity index (χ2v) is 9.29. The minimum atomic E-state index is -1.11. The number of anilines is 1. The number of benzene rings is 4. The van der Waals surface area contributed by atoms with Crippen molar-refractivity contribution in [1.29, 1.82) is 0 Å². The molecule has 194 valence electrons. The van der Waals surface area contributed by atoms with E-state index in [4.69, 9.17) is 15.2 Å². The number of nitrogens with two attached hydrogens (primary N) is 1. The summed E-state index contributed by atoms with van der Waals surface area (Å²) in [6, 6.07) is 30.2. The zero-order valence-corrected chi connectivity index (χ0v) is 20.8. The van der Waals surface area contributed by atoms with Crippen LogP contribution in [0.5, 0.6) is 11.5 Å². The third kappa shape index (κ3) is 5.64. The lowest BCUT2D eigenvalue weighted by atomic mass is 9.98. The number of carbonyl (C=O) groups excluding carboxylic acids is 1. The van der Waals surface area contributed by atoms with Crippen LogP contribution < -0.4 is 15.8 Å². The molecule has 1 aliphatic carbocycles. The Hall–Kier alpha value is -4.33. The van der Waals surface area contributed by atoms with Crippen molar-refractivity contribution in [2.75, 3.05) is 18.9 Å². The Bertz CT molecular complexity index is 1340. The van der Waals surface area contributed by atoms with E-state index in [-0.39, 0.29) is 25.5 Å². The highest BCUT2D eigenvalue weighted by Gasteiger charge is 2.29. The molecule has 5 N–H and O–H groups in total. The number of hydrogen-bond acceptors (Lipinski definition) is 6. The fourth-order valence-electron chi connectivity index (χ4n) is 4.76. The molecule has 7 nitrogen and oxygen atoms in total. The summed E-state index contributed by atoms with van der Waals surface area (Å²) in [4.78, 5) is 12.4. The number of alkyl carbamates (subject to hydrolysis) is 1. The molecule has 5 rings (SSSR count). The van der Waals surface area contributed by atoms with Crippen LogP contribution in [0.4, 0.5) is 10.5 Å². The van der Waals surface area contributed by atoms with Crippen molar-refractivity contribution in [3.8, 4) is 22.6 Å². The first kappa shape index (κ1) is 25.3. The highest BCUT2D eigenvalue weighted by atomic mass is 16.5. The molecular weight excluding hydrogens is 480 g/mol. The Morgan fingerprint density at radius 1 is 0.816 bits per heavy atom. The van der Waals surface area contributed by atoms with Crippen LogP contribution in [0, 0.1) is 0 Å². The number of hydrogen-bond donors (Lipinski definition) is 4. The molecule has 0 aliphatic heterocycles. The maximum atomic E-state index is 12.4. The maximum Gasteiger partial charge on any atom is 0.407 e. The van der Waals surface area contributed by atoms with Gasteiger partial charge in [-0.3, -0.25) is 0 Å². The summed E-state index contributed by atoms with van der Waals surface area (Å²) in [5, 5.41) is 23.7. The first-order chi connectivity index (χ1) is 18.5. The lowest BCUT2D eigenvalue weighted by molar-refractivity contribution is 0.0136. The average Bonchev–Trinajstić information content (AvgIpc) is 3.27. The van der Waals surface area contributed by atoms with Gasteiger partial charge in [-0.15, -0.1) is 0 Å². The largest absolute Gasteiger partial charge is 0.457 e. The zero-order chi connectivity index (χ0) is 26.5. The average molecular weight is 511 g/mol. The standard InChI is InChI=1S/C31H30N2O5/c32-21-11-15-23(16-12-21)38-22-13-9-20(10-14-22)30(35)29(34)17-18-33-31(36)37-19-28-26-7-3-1-5-24(26)25-6-2-4-8-27(25)28/h1-16,28-30,34-35H,17-19,32H2,(H,33,36). The third-order valence-corrected chi connectivity index (χ3v) is 6.76. The summed E-state index contributed by atoms with van der Waals surface area (Å²) >= 11 is 0. The molecule has 0 bridgehead atoms. The van der Waals surface area contributed by atoms with E-state index in [0.717, 1.165) is 11.1 Å². The Morgan fingerprint density at radius 2 is 1.37 bits per heavy atom. The molecule has 0 aromatic heterocycles. The number of rotatable bonds is 9. The molecule has 0 saturated heterocycles. The van der Waals surface area contributed by atoms with Gasteiger partial charge in [-0.25, -0.2) is 4.79 Å². The van der Waals surface area contributed by atoms with Crippen LogP contribution in [0.3, 0.4) is 0 Å². The van der Waals surface area contributed by atoms with Crippen molar-refractivity contribution in [3.63, 3.8) is 0 Å². The summed E-state index contributed by atoms with van der Waals surface area (Å²) < 4.78 is 11.3. The molecule has 0 spiro atoms. The first-order valence-electron chi connectivity index (χ1n) is 12.6. The predicted octanol–water partition coefficient (Wildman–Crippen LogP) is 5.38. The van der Waals surface area contributed by atoms with E-state index >= 15 is 0 Å². The number of amides is 1. The van der Waals surface area contributed by atoms with Crippen molar-refractivity contribution in [2.24, 2.45) is 0 Å². The summed E-state index contributed by atoms with van der Waals surface area (Å²) in [5.41, 5.74) is 11.5. The smallest absolute Gasteiger partial charge is 0.407 e. The summed E-state index contributed by atoms with van der Waals surface area (Å²) in [6.07, 6.45) is -2.56. The molecule has 0 heterocycles. The Labute approximate surface area is 221 Å². The second kappa shape index (κ2) is 11.4. The van der Waals surface area contributed by atoms with Gasteiger partial charge in [-0.1, -0.05) is 60.7 Å². The quantitative estimate of drug-likeness (QED) is 0.225. The number of aliphatic hydroxyl groups is 2. The topological polar surface area (TPSA) is 114 Å². The first-order valence-corrected chi connectivity index (χ1v) is 12.6. The predicted molar refractivity (Wildman–Crippen MR) is 146 cm³/mol. The van der Waals surface area contributed by atoms with Crippen molar-refractivity contribution < 1.29 is 24.5 Å². The van der Waals surface area contributed by atoms with Gasteiger partial charge in [0, 0.05) is 18.2 Å². The number of nitrogen functional groups attached to an aromatic ring is 1. The number of carbonyl (C=O) groups is 1. The molecule has 0 fully saturated rings. The fourth-order valence-corrected chi connectivity index (χ4v) is 4.76. The summed E-state index contributed by atoms with van der Waals surface area (Å²) in [6.45, 7) is 0.378. The molecule has 0 saturated carbocycles. The van der Waals surface area contributed by atoms with Crippen LogP contribution >= 0.6 is 0 Å². The van der Waals surface area contributed by atoms with Crippen LogP contribution in [-0.4, -0.2) is 35.6 Å². The van der Waals surface area contributed by atoms with Crippen molar-refractivity contribution in [1.82, 2.24) is 5.32 Å². The Kier molecular flexibility index (Phi) is 7.58. The molecule has 38 heavy (non-hydrogen) atoms. The molecule has 1 amide bonds. The molecule has 2 atom stereocenters. The maximum absolute atomic E-state index is 12.4. The van der Waals surface area contributed by atoms with E-state index < -0.39 is 18.3 Å². The highest BCUT2D eigenvalue weighted by Crippen LogP contribution is 2.44. The van der Waals surface area contributed by atoms with Crippen molar-refractivity contribution in [3.05, 3.63) is 114 Å². The van der Waals surface area contributed by atoms with Gasteiger partial charge in [0.2, 0.25) is 0 Å². The van der Waals surface area contributed by atoms with Crippen molar-refractivity contribution >= 4 is 11.8 Å². The number of ether oxygens (including phenoxy) is 2. The van der Waals surface area contributed by atoms with Gasteiger partial charge in [-0.2, -0.15) is 0 Å². The normalized spacial score (nSPS) is 13.7. The highest BCUT2D eigenvalue weighted by molar-refractivity contribution is 5.79. The molecule has 2 unspecified atom stereocenters. The van der Waals surface area contributed by atoms with E-state index in [2.05, 4.69) is 29.6 Å². The van der Waals surface area contributed by atoms with Crippen LogP contribution in [0.2, 0.25) is 0 Å². The van der Waals surface area contributed by atoms with E-state index in [1.54, 1.807) is 48.5 Å². The number of aliphatic hydroxyl groups excluding tert-OH is 2. The van der Waals surface area contributed by atoms with Crippen LogP contribution in [-0.2, 0) is 4.74 Å². The Balaban J connectivity index is 1.08. The fraction of sp³-hybridized carbons (Fsp3) is 0.194. The van der Waals surface area contributed by atoms with E-state index in [1.807, 2.05) is 24.3 Å². The monoisotopic (exact) mass is 510 g/mol. The lowest BCUT2D eigenvalue weighted by Crippen LogP contribution is -2.30. The van der Waals surface area contributed by atoms with Crippen LogP contribution in [0.25, 0.3) is 11.1 Å². The lowest BCUT2D eigenvalue weighted by Gasteiger charge is -2.19. The molecular formula is C31H30N2O5. The van der Waals surface area contributed by atoms with Crippen LogP contribution in [0.15, 0.2) is 97.1 Å². The summed E-state index contributed by atoms with van der Waals surface area (Å²) in [7, 11) is 0. The zero-order valence-electron chi connectivity index (χ0n) is 20.8. The van der Waals surface area contributed by atoms with Gasteiger partial charge in [0.1, 0.15) is 24.2 Å². The molecule has 1 aliphatic rings. The minimum absolute atomic E-state index is 0.0208. The van der Waals surface area contributed by atoms with E-state index in [0.29, 0.717) is 22.7 Å². The SMILES string of the molecule is Nc1ccc(Oc2ccc(C(O)C(O)CCNC(=O)OCC3c4ccccc4-c4ccccc43)cc2)cc1. The van der Waals surface area contributed by atoms with Gasteiger partial charge in [0.05, 0.1) is 6.10 Å². The van der Waals surface area contributed by atoms with E-state index in [9.17, 15) is 15.0 Å². The van der Waals surface area contributed by atoms with Crippen molar-refractivity contribution in [2.45, 2.75) is 24.5 Å². The molecule has 4 aromatic rings. The van der Waals surface area contributed by atoms with Crippen LogP contribution in [0.1, 0.15) is 35.1 Å². The third-order valence-electron chi connectivity index (χ3n) is 6.76. The van der Waals surface area contributed by atoms with Gasteiger partial charge in [0.15, 0.2) is 0 Å².